The van der Waals surface area contributed by atoms with Crippen LogP contribution in [0.4, 0.5) is 0 Å². The average Bonchev–Trinajstić information content (AvgIpc) is 3.62. The highest BCUT2D eigenvalue weighted by molar-refractivity contribution is 5.90. The van der Waals surface area contributed by atoms with E-state index < -0.39 is 116 Å². The van der Waals surface area contributed by atoms with Gasteiger partial charge < -0.3 is 88.6 Å². The fraction of sp³-hybridized carbons (Fsp3) is 0.923. The summed E-state index contributed by atoms with van der Waals surface area (Å²) in [5.41, 5.74) is 21.8. The van der Waals surface area contributed by atoms with Crippen LogP contribution in [0.15, 0.2) is 4.99 Å². The summed E-state index contributed by atoms with van der Waals surface area (Å²) in [6.07, 6.45) is -11.8. The molecule has 18 N–H and O–H groups in total. The predicted molar refractivity (Wildman–Crippen MR) is 154 cm³/mol. The third kappa shape index (κ3) is 8.19. The van der Waals surface area contributed by atoms with Gasteiger partial charge in [-0.3, -0.25) is 4.79 Å². The Morgan fingerprint density at radius 3 is 2.33 bits per heavy atom. The zero-order chi connectivity index (χ0) is 33.2. The summed E-state index contributed by atoms with van der Waals surface area (Å²) in [4.78, 5) is 17.0. The molecule has 0 aromatic heterocycles. The molecule has 19 heteroatoms. The van der Waals surface area contributed by atoms with Crippen LogP contribution >= 0.6 is 0 Å². The number of aliphatic hydroxyl groups excluding tert-OH is 7. The Morgan fingerprint density at radius 2 is 1.69 bits per heavy atom. The van der Waals surface area contributed by atoms with Crippen LogP contribution in [-0.4, -0.2) is 170 Å². The Kier molecular flexibility index (Phi) is 12.0. The molecule has 2 saturated carbocycles. The molecular weight excluding hydrogens is 602 g/mol. The second-order valence-corrected chi connectivity index (χ2v) is 12.5. The van der Waals surface area contributed by atoms with Gasteiger partial charge in [0, 0.05) is 43.9 Å². The smallest absolute Gasteiger partial charge is 0.254 e. The van der Waals surface area contributed by atoms with Gasteiger partial charge in [-0.25, -0.2) is 4.99 Å². The van der Waals surface area contributed by atoms with E-state index in [4.69, 9.17) is 42.3 Å². The largest absolute Gasteiger partial charge is 0.394 e. The van der Waals surface area contributed by atoms with Crippen molar-refractivity contribution in [2.75, 3.05) is 26.3 Å². The minimum Gasteiger partial charge on any atom is -0.394 e. The lowest BCUT2D eigenvalue weighted by atomic mass is 9.72. The van der Waals surface area contributed by atoms with Crippen molar-refractivity contribution in [1.82, 2.24) is 10.6 Å². The van der Waals surface area contributed by atoms with Crippen molar-refractivity contribution >= 4 is 11.9 Å². The lowest BCUT2D eigenvalue weighted by Crippen LogP contribution is -2.69. The number of guanidine groups is 1. The number of carbonyl (C=O) groups is 1. The number of ether oxygens (including phenoxy) is 3. The number of carbonyl (C=O) groups excluding carboxylic acids is 1. The van der Waals surface area contributed by atoms with E-state index in [1.807, 2.05) is 0 Å². The van der Waals surface area contributed by atoms with E-state index in [-0.39, 0.29) is 44.7 Å². The standard InChI is InChI=1S/C26H49N7O12/c27-10-1-12(32-24(41)26(42)4-18(26)33-25(29)30)22(45-23-15(39)3-14(38)17(8-35)44-23)20(40)19(10)21-11(28)2-13(37)16(43-21)6-31-5-9(36)7-34/h9-23,31,34-40,42H,1-8,27-28H2,(H,32,41)(H4,29,30,33)/t9?,10-,11+,12+,13-,14-,15+,16+,17+,18?,19?,20-,21-,22-,23+,26?/m0/s1. The van der Waals surface area contributed by atoms with Crippen molar-refractivity contribution in [1.29, 1.82) is 0 Å². The second-order valence-electron chi connectivity index (χ2n) is 12.5. The zero-order valence-electron chi connectivity index (χ0n) is 24.8. The van der Waals surface area contributed by atoms with Crippen LogP contribution in [0.3, 0.4) is 0 Å². The van der Waals surface area contributed by atoms with Crippen LogP contribution in [0.1, 0.15) is 25.7 Å². The number of nitrogens with one attached hydrogen (secondary N) is 2. The van der Waals surface area contributed by atoms with Gasteiger partial charge in [0.1, 0.15) is 18.3 Å². The lowest BCUT2D eigenvalue weighted by Gasteiger charge is -2.51. The van der Waals surface area contributed by atoms with Crippen molar-refractivity contribution in [2.45, 2.75) is 117 Å². The van der Waals surface area contributed by atoms with E-state index in [0.717, 1.165) is 0 Å². The van der Waals surface area contributed by atoms with Crippen LogP contribution in [-0.2, 0) is 19.0 Å². The van der Waals surface area contributed by atoms with Crippen molar-refractivity contribution in [2.24, 2.45) is 33.8 Å². The first-order valence-corrected chi connectivity index (χ1v) is 15.1. The number of rotatable bonds is 12. The van der Waals surface area contributed by atoms with E-state index in [2.05, 4.69) is 15.6 Å². The Labute approximate surface area is 259 Å². The van der Waals surface area contributed by atoms with Gasteiger partial charge in [-0.15, -0.1) is 0 Å². The van der Waals surface area contributed by atoms with Crippen molar-refractivity contribution < 1.29 is 59.9 Å². The lowest BCUT2D eigenvalue weighted by molar-refractivity contribution is -0.302. The highest BCUT2D eigenvalue weighted by atomic mass is 16.7. The quantitative estimate of drug-likeness (QED) is 0.0688. The molecule has 0 aromatic rings. The molecule has 4 aliphatic rings. The maximum Gasteiger partial charge on any atom is 0.254 e. The monoisotopic (exact) mass is 651 g/mol. The SMILES string of the molecule is NC(N)=NC1CC1(O)C(=O)N[C@@H]1C[C@H](N)C([C@H]2O[C@H](CNCC(O)CO)[C@@H](O)C[C@H]2N)[C@H](O)[C@H]1O[C@H]1O[C@H](CO)[C@@H](O)C[C@H]1O. The molecule has 16 atom stereocenters. The predicted octanol–water partition coefficient (Wildman–Crippen LogP) is -8.04. The Balaban J connectivity index is 1.55. The van der Waals surface area contributed by atoms with Gasteiger partial charge in [0.2, 0.25) is 0 Å². The van der Waals surface area contributed by atoms with Crippen LogP contribution in [0.25, 0.3) is 0 Å². The summed E-state index contributed by atoms with van der Waals surface area (Å²) >= 11 is 0. The molecule has 0 bridgehead atoms. The molecule has 0 aromatic carbocycles. The molecule has 45 heavy (non-hydrogen) atoms. The van der Waals surface area contributed by atoms with Gasteiger partial charge in [-0.2, -0.15) is 0 Å². The third-order valence-electron chi connectivity index (χ3n) is 9.08. The number of nitrogens with zero attached hydrogens (tertiary/aromatic N) is 1. The second kappa shape index (κ2) is 14.9. The first-order valence-electron chi connectivity index (χ1n) is 15.1. The fourth-order valence-corrected chi connectivity index (χ4v) is 6.44. The Bertz CT molecular complexity index is 1030. The number of aliphatic hydroxyl groups is 8. The van der Waals surface area contributed by atoms with Gasteiger partial charge in [-0.1, -0.05) is 0 Å². The summed E-state index contributed by atoms with van der Waals surface area (Å²) in [6.45, 7) is -0.917. The van der Waals surface area contributed by atoms with Crippen LogP contribution in [0, 0.1) is 5.92 Å². The number of aliphatic imine (C=N–C) groups is 1. The van der Waals surface area contributed by atoms with Gasteiger partial charge in [0.15, 0.2) is 17.9 Å². The van der Waals surface area contributed by atoms with E-state index in [9.17, 15) is 40.5 Å². The maximum absolute atomic E-state index is 13.2. The zero-order valence-corrected chi connectivity index (χ0v) is 24.8. The first kappa shape index (κ1) is 36.0. The topological polar surface area (TPSA) is 347 Å². The minimum absolute atomic E-state index is 0.0171. The summed E-state index contributed by atoms with van der Waals surface area (Å²) in [7, 11) is 0. The van der Waals surface area contributed by atoms with E-state index in [0.29, 0.717) is 0 Å². The fourth-order valence-electron chi connectivity index (χ4n) is 6.44. The summed E-state index contributed by atoms with van der Waals surface area (Å²) in [6, 6.07) is -3.56. The first-order chi connectivity index (χ1) is 21.2. The van der Waals surface area contributed by atoms with Gasteiger partial charge in [0.05, 0.1) is 61.9 Å². The van der Waals surface area contributed by atoms with Gasteiger partial charge in [0.25, 0.3) is 5.91 Å². The third-order valence-corrected chi connectivity index (χ3v) is 9.08. The number of hydrogen-bond donors (Lipinski definition) is 14. The molecule has 2 aliphatic heterocycles. The van der Waals surface area contributed by atoms with Gasteiger partial charge >= 0.3 is 0 Å². The highest BCUT2D eigenvalue weighted by Gasteiger charge is 2.61. The van der Waals surface area contributed by atoms with Crippen LogP contribution < -0.4 is 33.6 Å². The number of nitrogens with two attached hydrogens (primary N) is 4. The van der Waals surface area contributed by atoms with Crippen LogP contribution in [0.2, 0.25) is 0 Å². The number of amides is 1. The molecule has 4 fully saturated rings. The molecular formula is C26H49N7O12. The Hall–Kier alpha value is -1.82. The normalized spacial score (nSPS) is 45.8. The van der Waals surface area contributed by atoms with Crippen molar-refractivity contribution in [3.63, 3.8) is 0 Å². The molecule has 0 radical (unpaired) electrons. The molecule has 1 amide bonds. The van der Waals surface area contributed by atoms with E-state index in [1.165, 1.54) is 0 Å². The molecule has 0 spiro atoms. The average molecular weight is 652 g/mol. The maximum atomic E-state index is 13.2. The van der Waals surface area contributed by atoms with Crippen LogP contribution in [0.5, 0.6) is 0 Å². The Morgan fingerprint density at radius 1 is 1.00 bits per heavy atom. The molecule has 2 heterocycles. The highest BCUT2D eigenvalue weighted by Crippen LogP contribution is 2.41. The molecule has 4 unspecified atom stereocenters. The summed E-state index contributed by atoms with van der Waals surface area (Å²) in [5, 5.41) is 87.8. The molecule has 2 aliphatic carbocycles. The molecule has 4 rings (SSSR count). The molecule has 19 nitrogen and oxygen atoms in total. The molecule has 260 valence electrons. The number of hydrogen-bond acceptors (Lipinski definition) is 16. The van der Waals surface area contributed by atoms with Crippen molar-refractivity contribution in [3.8, 4) is 0 Å². The summed E-state index contributed by atoms with van der Waals surface area (Å²) in [5.74, 6) is -2.07. The van der Waals surface area contributed by atoms with Crippen molar-refractivity contribution in [3.05, 3.63) is 0 Å². The minimum atomic E-state index is -1.91. The van der Waals surface area contributed by atoms with E-state index >= 15 is 0 Å². The molecule has 2 saturated heterocycles. The van der Waals surface area contributed by atoms with Gasteiger partial charge in [-0.05, 0) is 12.8 Å². The summed E-state index contributed by atoms with van der Waals surface area (Å²) < 4.78 is 17.8. The van der Waals surface area contributed by atoms with E-state index in [1.54, 1.807) is 0 Å².